The van der Waals surface area contributed by atoms with Gasteiger partial charge in [-0.3, -0.25) is 10.4 Å². The molecule has 0 aliphatic heterocycles. The molecule has 0 saturated carbocycles. The number of hydrogen-bond donors (Lipinski definition) is 2. The molecule has 7 nitrogen and oxygen atoms in total. The van der Waals surface area contributed by atoms with Crippen molar-refractivity contribution in [2.24, 2.45) is 0 Å². The highest BCUT2D eigenvalue weighted by Gasteiger charge is 2.16. The highest BCUT2D eigenvalue weighted by molar-refractivity contribution is 5.74. The van der Waals surface area contributed by atoms with E-state index in [0.29, 0.717) is 17.3 Å². The Labute approximate surface area is 174 Å². The smallest absolute Gasteiger partial charge is 0.248 e. The van der Waals surface area contributed by atoms with Crippen LogP contribution in [-0.2, 0) is 0 Å². The third kappa shape index (κ3) is 4.10. The van der Waals surface area contributed by atoms with Gasteiger partial charge in [0.2, 0.25) is 5.88 Å². The third-order valence-corrected chi connectivity index (χ3v) is 4.37. The molecule has 0 aliphatic rings. The average Bonchev–Trinajstić information content (AvgIpc) is 2.81. The molecule has 0 fully saturated rings. The van der Waals surface area contributed by atoms with Crippen molar-refractivity contribution < 1.29 is 9.47 Å². The molecule has 7 heteroatoms. The number of nitrogens with zero attached hydrogens (tertiary/aromatic N) is 3. The van der Waals surface area contributed by atoms with Gasteiger partial charge in [0.25, 0.3) is 0 Å². The van der Waals surface area contributed by atoms with Crippen LogP contribution in [0.4, 0.5) is 22.9 Å². The predicted octanol–water partition coefficient (Wildman–Crippen LogP) is 5.02. The Bertz CT molecular complexity index is 1070. The number of para-hydroxylation sites is 4. The maximum Gasteiger partial charge on any atom is 0.248 e. The lowest BCUT2D eigenvalue weighted by Gasteiger charge is -2.26. The number of hydrogen-bond acceptors (Lipinski definition) is 7. The molecule has 0 aliphatic carbocycles. The number of methoxy groups -OCH3 is 1. The van der Waals surface area contributed by atoms with Crippen molar-refractivity contribution in [3.8, 4) is 17.4 Å². The molecule has 0 unspecified atom stereocenters. The van der Waals surface area contributed by atoms with Gasteiger partial charge in [-0.1, -0.05) is 48.5 Å². The first kappa shape index (κ1) is 19.1. The van der Waals surface area contributed by atoms with Crippen LogP contribution in [0.15, 0.2) is 91.3 Å². The number of ether oxygens (including phenoxy) is 2. The number of rotatable bonds is 7. The Hall–Kier alpha value is -4.26. The molecule has 1 heterocycles. The Morgan fingerprint density at radius 1 is 0.767 bits per heavy atom. The normalized spacial score (nSPS) is 10.3. The van der Waals surface area contributed by atoms with Crippen LogP contribution in [0.3, 0.4) is 0 Å². The maximum absolute atomic E-state index is 6.35. The van der Waals surface area contributed by atoms with Gasteiger partial charge < -0.3 is 15.2 Å². The first-order valence-corrected chi connectivity index (χ1v) is 9.34. The molecule has 0 saturated heterocycles. The highest BCUT2D eigenvalue weighted by Crippen LogP contribution is 2.35. The average molecular weight is 399 g/mol. The number of nitrogens with one attached hydrogen (secondary N) is 1. The zero-order chi connectivity index (χ0) is 20.8. The van der Waals surface area contributed by atoms with E-state index in [1.807, 2.05) is 77.8 Å². The van der Waals surface area contributed by atoms with Gasteiger partial charge in [-0.2, -0.15) is 4.98 Å². The quantitative estimate of drug-likeness (QED) is 0.422. The summed E-state index contributed by atoms with van der Waals surface area (Å²) in [6.45, 7) is 0. The molecule has 0 spiro atoms. The van der Waals surface area contributed by atoms with Crippen molar-refractivity contribution in [1.29, 1.82) is 0 Å². The Balaban J connectivity index is 1.67. The Kier molecular flexibility index (Phi) is 5.61. The van der Waals surface area contributed by atoms with E-state index in [2.05, 4.69) is 15.4 Å². The second kappa shape index (κ2) is 8.83. The molecule has 0 amide bonds. The van der Waals surface area contributed by atoms with Gasteiger partial charge in [-0.05, 0) is 36.4 Å². The molecule has 3 aromatic carbocycles. The fraction of sp³-hybridized carbons (Fsp3) is 0.0435. The standard InChI is InChI=1S/C23H21N5O2/c1-29-19-14-8-9-15-20(19)30-23-21(24)22(25-16-26-23)27-28(17-10-4-2-5-11-17)18-12-6-3-7-13-18/h2-16H,24H2,1H3,(H,25,26,27). The van der Waals surface area contributed by atoms with Gasteiger partial charge in [-0.25, -0.2) is 4.98 Å². The van der Waals surface area contributed by atoms with E-state index in [1.165, 1.54) is 6.33 Å². The molecule has 1 aromatic heterocycles. The molecule has 3 N–H and O–H groups in total. The summed E-state index contributed by atoms with van der Waals surface area (Å²) in [7, 11) is 1.58. The largest absolute Gasteiger partial charge is 0.493 e. The van der Waals surface area contributed by atoms with Gasteiger partial charge in [0.05, 0.1) is 18.5 Å². The number of benzene rings is 3. The van der Waals surface area contributed by atoms with Crippen molar-refractivity contribution in [1.82, 2.24) is 9.97 Å². The summed E-state index contributed by atoms with van der Waals surface area (Å²) in [6.07, 6.45) is 1.40. The van der Waals surface area contributed by atoms with Gasteiger partial charge in [-0.15, -0.1) is 0 Å². The van der Waals surface area contributed by atoms with Crippen LogP contribution in [0.5, 0.6) is 17.4 Å². The minimum absolute atomic E-state index is 0.234. The van der Waals surface area contributed by atoms with Gasteiger partial charge in [0.1, 0.15) is 12.0 Å². The SMILES string of the molecule is COc1ccccc1Oc1ncnc(NN(c2ccccc2)c2ccccc2)c1N. The molecular formula is C23H21N5O2. The zero-order valence-corrected chi connectivity index (χ0v) is 16.4. The molecule has 0 radical (unpaired) electrons. The van der Waals surface area contributed by atoms with Crippen molar-refractivity contribution in [2.75, 3.05) is 23.3 Å². The lowest BCUT2D eigenvalue weighted by Crippen LogP contribution is -2.25. The van der Waals surface area contributed by atoms with E-state index in [-0.39, 0.29) is 11.6 Å². The Morgan fingerprint density at radius 2 is 1.33 bits per heavy atom. The lowest BCUT2D eigenvalue weighted by atomic mass is 10.2. The summed E-state index contributed by atoms with van der Waals surface area (Å²) in [4.78, 5) is 8.50. The van der Waals surface area contributed by atoms with Gasteiger partial charge in [0.15, 0.2) is 17.3 Å². The number of hydrazine groups is 1. The highest BCUT2D eigenvalue weighted by atomic mass is 16.5. The first-order chi connectivity index (χ1) is 14.8. The summed E-state index contributed by atoms with van der Waals surface area (Å²) in [5, 5.41) is 1.89. The van der Waals surface area contributed by atoms with Crippen LogP contribution in [0.25, 0.3) is 0 Å². The topological polar surface area (TPSA) is 85.5 Å². The molecular weight excluding hydrogens is 378 g/mol. The van der Waals surface area contributed by atoms with Crippen LogP contribution in [0.2, 0.25) is 0 Å². The fourth-order valence-electron chi connectivity index (χ4n) is 2.90. The fourth-order valence-corrected chi connectivity index (χ4v) is 2.90. The van der Waals surface area contributed by atoms with E-state index in [9.17, 15) is 0 Å². The van der Waals surface area contributed by atoms with Crippen LogP contribution in [0.1, 0.15) is 0 Å². The minimum atomic E-state index is 0.234. The molecule has 0 bridgehead atoms. The summed E-state index contributed by atoms with van der Waals surface area (Å²) in [6, 6.07) is 27.0. The lowest BCUT2D eigenvalue weighted by molar-refractivity contribution is 0.374. The van der Waals surface area contributed by atoms with Crippen molar-refractivity contribution in [3.63, 3.8) is 0 Å². The summed E-state index contributed by atoms with van der Waals surface area (Å²) < 4.78 is 11.2. The zero-order valence-electron chi connectivity index (χ0n) is 16.4. The Morgan fingerprint density at radius 3 is 1.93 bits per heavy atom. The second-order valence-corrected chi connectivity index (χ2v) is 6.31. The van der Waals surface area contributed by atoms with Crippen LogP contribution >= 0.6 is 0 Å². The number of anilines is 4. The van der Waals surface area contributed by atoms with E-state index >= 15 is 0 Å². The van der Waals surface area contributed by atoms with E-state index in [0.717, 1.165) is 11.4 Å². The summed E-state index contributed by atoms with van der Waals surface area (Å²) in [5.74, 6) is 1.75. The van der Waals surface area contributed by atoms with Crippen molar-refractivity contribution in [2.45, 2.75) is 0 Å². The molecule has 150 valence electrons. The van der Waals surface area contributed by atoms with Crippen LogP contribution < -0.4 is 25.6 Å². The molecule has 30 heavy (non-hydrogen) atoms. The second-order valence-electron chi connectivity index (χ2n) is 6.31. The maximum atomic E-state index is 6.35. The summed E-state index contributed by atoms with van der Waals surface area (Å²) >= 11 is 0. The summed E-state index contributed by atoms with van der Waals surface area (Å²) in [5.41, 5.74) is 11.8. The van der Waals surface area contributed by atoms with Crippen molar-refractivity contribution in [3.05, 3.63) is 91.3 Å². The van der Waals surface area contributed by atoms with Gasteiger partial charge >= 0.3 is 0 Å². The molecule has 4 aromatic rings. The number of nitrogens with two attached hydrogens (primary N) is 1. The monoisotopic (exact) mass is 399 g/mol. The molecule has 0 atom stereocenters. The van der Waals surface area contributed by atoms with E-state index < -0.39 is 0 Å². The van der Waals surface area contributed by atoms with E-state index in [1.54, 1.807) is 19.2 Å². The number of aromatic nitrogens is 2. The van der Waals surface area contributed by atoms with Crippen LogP contribution in [0, 0.1) is 0 Å². The molecule has 4 rings (SSSR count). The van der Waals surface area contributed by atoms with Crippen LogP contribution in [-0.4, -0.2) is 17.1 Å². The van der Waals surface area contributed by atoms with Crippen molar-refractivity contribution >= 4 is 22.9 Å². The van der Waals surface area contributed by atoms with E-state index in [4.69, 9.17) is 15.2 Å². The number of nitrogen functional groups attached to an aromatic ring is 1. The first-order valence-electron chi connectivity index (χ1n) is 9.34. The third-order valence-electron chi connectivity index (χ3n) is 4.37. The predicted molar refractivity (Wildman–Crippen MR) is 118 cm³/mol. The van der Waals surface area contributed by atoms with Gasteiger partial charge in [0, 0.05) is 0 Å². The minimum Gasteiger partial charge on any atom is -0.493 e.